The molecule has 1 aromatic heterocycles. The molecule has 0 aliphatic heterocycles. The summed E-state index contributed by atoms with van der Waals surface area (Å²) in [6.07, 6.45) is 3.36. The second kappa shape index (κ2) is 10.4. The van der Waals surface area contributed by atoms with Crippen molar-refractivity contribution in [2.24, 2.45) is 0 Å². The van der Waals surface area contributed by atoms with Crippen LogP contribution in [0, 0.1) is 0 Å². The van der Waals surface area contributed by atoms with Gasteiger partial charge in [-0.25, -0.2) is 0 Å². The fourth-order valence-corrected chi connectivity index (χ4v) is 2.75. The van der Waals surface area contributed by atoms with Crippen LogP contribution in [0.2, 0.25) is 5.02 Å². The summed E-state index contributed by atoms with van der Waals surface area (Å²) in [5.74, 6) is 0.501. The Labute approximate surface area is 184 Å². The third-order valence-electron chi connectivity index (χ3n) is 3.97. The van der Waals surface area contributed by atoms with Gasteiger partial charge in [-0.3, -0.25) is 20.6 Å². The van der Waals surface area contributed by atoms with Gasteiger partial charge < -0.3 is 14.8 Å². The van der Waals surface area contributed by atoms with Crippen LogP contribution in [0.1, 0.15) is 15.9 Å². The van der Waals surface area contributed by atoms with Crippen LogP contribution in [-0.4, -0.2) is 23.1 Å². The SMILES string of the molecule is COc1ccc(OCc2ccncc2)c(C(=O)NNC(=S)Nc2ccc(Cl)cc2)c1. The number of ether oxygens (including phenoxy) is 2. The van der Waals surface area contributed by atoms with Crippen LogP contribution in [0.4, 0.5) is 5.69 Å². The maximum Gasteiger partial charge on any atom is 0.273 e. The maximum atomic E-state index is 12.7. The maximum absolute atomic E-state index is 12.7. The van der Waals surface area contributed by atoms with Crippen molar-refractivity contribution in [2.75, 3.05) is 12.4 Å². The van der Waals surface area contributed by atoms with Crippen LogP contribution in [0.15, 0.2) is 67.0 Å². The highest BCUT2D eigenvalue weighted by atomic mass is 35.5. The van der Waals surface area contributed by atoms with Crippen molar-refractivity contribution in [2.45, 2.75) is 6.61 Å². The number of methoxy groups -OCH3 is 1. The highest BCUT2D eigenvalue weighted by Crippen LogP contribution is 2.25. The Balaban J connectivity index is 1.64. The van der Waals surface area contributed by atoms with Crippen molar-refractivity contribution >= 4 is 40.5 Å². The molecular formula is C21H19ClN4O3S. The molecule has 3 aromatic rings. The number of nitrogens with zero attached hydrogens (tertiary/aromatic N) is 1. The third-order valence-corrected chi connectivity index (χ3v) is 4.42. The predicted octanol–water partition coefficient (Wildman–Crippen LogP) is 3.95. The quantitative estimate of drug-likeness (QED) is 0.393. The highest BCUT2D eigenvalue weighted by molar-refractivity contribution is 7.80. The monoisotopic (exact) mass is 442 g/mol. The lowest BCUT2D eigenvalue weighted by Gasteiger charge is -2.15. The van der Waals surface area contributed by atoms with Crippen molar-refractivity contribution in [3.05, 3.63) is 83.1 Å². The first-order valence-electron chi connectivity index (χ1n) is 8.88. The van der Waals surface area contributed by atoms with E-state index in [1.165, 1.54) is 7.11 Å². The Hall–Kier alpha value is -3.36. The number of rotatable bonds is 6. The van der Waals surface area contributed by atoms with E-state index in [-0.39, 0.29) is 5.11 Å². The molecule has 0 aliphatic carbocycles. The molecule has 1 amide bonds. The van der Waals surface area contributed by atoms with E-state index in [1.807, 2.05) is 12.1 Å². The minimum absolute atomic E-state index is 0.216. The molecule has 0 saturated carbocycles. The number of thiocarbonyl (C=S) groups is 1. The molecule has 3 rings (SSSR count). The number of benzene rings is 2. The molecule has 9 heteroatoms. The van der Waals surface area contributed by atoms with E-state index in [0.717, 1.165) is 11.3 Å². The lowest BCUT2D eigenvalue weighted by atomic mass is 10.1. The van der Waals surface area contributed by atoms with Gasteiger partial charge in [0, 0.05) is 23.1 Å². The minimum atomic E-state index is -0.432. The van der Waals surface area contributed by atoms with E-state index in [4.69, 9.17) is 33.3 Å². The van der Waals surface area contributed by atoms with Gasteiger partial charge in [-0.1, -0.05) is 11.6 Å². The summed E-state index contributed by atoms with van der Waals surface area (Å²) in [5, 5.41) is 3.78. The summed E-state index contributed by atoms with van der Waals surface area (Å²) in [5.41, 5.74) is 7.18. The Morgan fingerprint density at radius 3 is 2.50 bits per heavy atom. The van der Waals surface area contributed by atoms with Crippen molar-refractivity contribution in [1.82, 2.24) is 15.8 Å². The lowest BCUT2D eigenvalue weighted by molar-refractivity contribution is 0.0939. The molecule has 0 atom stereocenters. The Kier molecular flexibility index (Phi) is 7.42. The van der Waals surface area contributed by atoms with Crippen molar-refractivity contribution in [1.29, 1.82) is 0 Å². The molecule has 1 heterocycles. The normalized spacial score (nSPS) is 10.1. The summed E-state index contributed by atoms with van der Waals surface area (Å²) in [6, 6.07) is 15.7. The molecule has 0 spiro atoms. The predicted molar refractivity (Wildman–Crippen MR) is 120 cm³/mol. The smallest absolute Gasteiger partial charge is 0.273 e. The highest BCUT2D eigenvalue weighted by Gasteiger charge is 2.15. The average Bonchev–Trinajstić information content (AvgIpc) is 2.78. The molecule has 30 heavy (non-hydrogen) atoms. The standard InChI is InChI=1S/C21H19ClN4O3S/c1-28-17-6-7-19(29-13-14-8-10-23-11-9-14)18(12-17)20(27)25-26-21(30)24-16-4-2-15(22)3-5-16/h2-12H,13H2,1H3,(H,25,27)(H2,24,26,30). The van der Waals surface area contributed by atoms with Crippen LogP contribution in [-0.2, 0) is 6.61 Å². The number of hydrogen-bond acceptors (Lipinski definition) is 5. The summed E-state index contributed by atoms with van der Waals surface area (Å²) in [6.45, 7) is 0.291. The van der Waals surface area contributed by atoms with Crippen molar-refractivity contribution in [3.8, 4) is 11.5 Å². The number of carbonyl (C=O) groups is 1. The Morgan fingerprint density at radius 2 is 1.80 bits per heavy atom. The first-order valence-corrected chi connectivity index (χ1v) is 9.66. The van der Waals surface area contributed by atoms with Gasteiger partial charge in [0.2, 0.25) is 0 Å². The van der Waals surface area contributed by atoms with Crippen LogP contribution in [0.3, 0.4) is 0 Å². The van der Waals surface area contributed by atoms with Gasteiger partial charge in [0.25, 0.3) is 5.91 Å². The van der Waals surface area contributed by atoms with E-state index in [9.17, 15) is 4.79 Å². The van der Waals surface area contributed by atoms with E-state index < -0.39 is 5.91 Å². The van der Waals surface area contributed by atoms with E-state index in [1.54, 1.807) is 54.9 Å². The van der Waals surface area contributed by atoms with Crippen molar-refractivity contribution < 1.29 is 14.3 Å². The number of hydrogen-bond donors (Lipinski definition) is 3. The molecule has 7 nitrogen and oxygen atoms in total. The molecule has 3 N–H and O–H groups in total. The number of amides is 1. The number of anilines is 1. The van der Waals surface area contributed by atoms with Crippen molar-refractivity contribution in [3.63, 3.8) is 0 Å². The lowest BCUT2D eigenvalue weighted by Crippen LogP contribution is -2.43. The van der Waals surface area contributed by atoms with Gasteiger partial charge in [0.05, 0.1) is 12.7 Å². The molecule has 0 bridgehead atoms. The minimum Gasteiger partial charge on any atom is -0.497 e. The zero-order valence-corrected chi connectivity index (χ0v) is 17.6. The molecule has 0 fully saturated rings. The molecule has 2 aromatic carbocycles. The van der Waals surface area contributed by atoms with Crippen LogP contribution >= 0.6 is 23.8 Å². The molecular weight excluding hydrogens is 424 g/mol. The van der Waals surface area contributed by atoms with Gasteiger partial charge in [0.1, 0.15) is 18.1 Å². The number of carbonyl (C=O) groups excluding carboxylic acids is 1. The number of nitrogens with one attached hydrogen (secondary N) is 3. The molecule has 0 saturated heterocycles. The molecule has 0 radical (unpaired) electrons. The first kappa shape index (κ1) is 21.4. The summed E-state index contributed by atoms with van der Waals surface area (Å²) >= 11 is 11.1. The van der Waals surface area contributed by atoms with Gasteiger partial charge in [-0.2, -0.15) is 0 Å². The second-order valence-electron chi connectivity index (χ2n) is 6.05. The van der Waals surface area contributed by atoms with Crippen LogP contribution in [0.25, 0.3) is 0 Å². The number of hydrazine groups is 1. The number of pyridine rings is 1. The summed E-state index contributed by atoms with van der Waals surface area (Å²) < 4.78 is 11.0. The zero-order valence-electron chi connectivity index (χ0n) is 16.0. The first-order chi connectivity index (χ1) is 14.5. The number of halogens is 1. The van der Waals surface area contributed by atoms with Crippen LogP contribution in [0.5, 0.6) is 11.5 Å². The largest absolute Gasteiger partial charge is 0.497 e. The van der Waals surface area contributed by atoms with Crippen LogP contribution < -0.4 is 25.6 Å². The second-order valence-corrected chi connectivity index (χ2v) is 6.89. The summed E-state index contributed by atoms with van der Waals surface area (Å²) in [7, 11) is 1.53. The van der Waals surface area contributed by atoms with E-state index in [2.05, 4.69) is 21.2 Å². The molecule has 0 unspecified atom stereocenters. The van der Waals surface area contributed by atoms with Gasteiger partial charge >= 0.3 is 0 Å². The number of aromatic nitrogens is 1. The average molecular weight is 443 g/mol. The molecule has 0 aliphatic rings. The van der Waals surface area contributed by atoms with E-state index >= 15 is 0 Å². The Morgan fingerprint density at radius 1 is 1.07 bits per heavy atom. The van der Waals surface area contributed by atoms with Gasteiger partial charge in [-0.15, -0.1) is 0 Å². The third kappa shape index (κ3) is 6.07. The van der Waals surface area contributed by atoms with Gasteiger partial charge in [0.15, 0.2) is 5.11 Å². The zero-order chi connectivity index (χ0) is 21.3. The molecule has 154 valence electrons. The topological polar surface area (TPSA) is 84.5 Å². The van der Waals surface area contributed by atoms with E-state index in [0.29, 0.717) is 28.7 Å². The fourth-order valence-electron chi connectivity index (χ4n) is 2.46. The Bertz CT molecular complexity index is 1020. The fraction of sp³-hybridized carbons (Fsp3) is 0.0952. The van der Waals surface area contributed by atoms with Gasteiger partial charge in [-0.05, 0) is 72.4 Å². The summed E-state index contributed by atoms with van der Waals surface area (Å²) in [4.78, 5) is 16.7.